The van der Waals surface area contributed by atoms with Crippen LogP contribution in [0.2, 0.25) is 0 Å². The molecule has 0 fully saturated rings. The molecule has 0 spiro atoms. The minimum Gasteiger partial charge on any atom is -0.469 e. The van der Waals surface area contributed by atoms with Crippen LogP contribution in [0, 0.1) is 5.82 Å². The topological polar surface area (TPSA) is 46.6 Å². The van der Waals surface area contributed by atoms with Gasteiger partial charge in [-0.05, 0) is 11.6 Å². The number of ether oxygens (including phenoxy) is 1. The molecule has 0 radical (unpaired) electrons. The fourth-order valence-corrected chi connectivity index (χ4v) is 2.27. The largest absolute Gasteiger partial charge is 0.469 e. The molecule has 1 atom stereocenters. The molecule has 1 aromatic carbocycles. The Labute approximate surface area is 104 Å². The molecule has 5 heteroatoms. The summed E-state index contributed by atoms with van der Waals surface area (Å²) in [6, 6.07) is 4.50. The molecule has 18 heavy (non-hydrogen) atoms. The number of methoxy groups -OCH3 is 1. The maximum atomic E-state index is 13.7. The van der Waals surface area contributed by atoms with Crippen LogP contribution in [0.25, 0.3) is 0 Å². The molecule has 0 aromatic heterocycles. The number of amides is 1. The highest BCUT2D eigenvalue weighted by molar-refractivity contribution is 5.97. The molecule has 1 amide bonds. The monoisotopic (exact) mass is 251 g/mol. The number of halogens is 1. The van der Waals surface area contributed by atoms with Crippen LogP contribution in [0.15, 0.2) is 18.2 Å². The molecule has 1 aliphatic rings. The normalized spacial score (nSPS) is 18.5. The summed E-state index contributed by atoms with van der Waals surface area (Å²) in [4.78, 5) is 24.7. The molecule has 1 aromatic rings. The van der Waals surface area contributed by atoms with E-state index in [0.717, 1.165) is 0 Å². The molecule has 0 saturated carbocycles. The predicted molar refractivity (Wildman–Crippen MR) is 62.7 cm³/mol. The average Bonchev–Trinajstić information content (AvgIpc) is 2.35. The van der Waals surface area contributed by atoms with Gasteiger partial charge in [-0.25, -0.2) is 4.39 Å². The van der Waals surface area contributed by atoms with Crippen molar-refractivity contribution >= 4 is 11.9 Å². The minimum absolute atomic E-state index is 0.0696. The lowest BCUT2D eigenvalue weighted by molar-refractivity contribution is -0.141. The lowest BCUT2D eigenvalue weighted by Gasteiger charge is -2.31. The highest BCUT2D eigenvalue weighted by Gasteiger charge is 2.32. The van der Waals surface area contributed by atoms with E-state index in [1.807, 2.05) is 0 Å². The van der Waals surface area contributed by atoms with Gasteiger partial charge in [0.05, 0.1) is 19.1 Å². The molecule has 4 nitrogen and oxygen atoms in total. The van der Waals surface area contributed by atoms with Crippen LogP contribution in [0.5, 0.6) is 0 Å². The zero-order valence-corrected chi connectivity index (χ0v) is 10.3. The highest BCUT2D eigenvalue weighted by atomic mass is 19.1. The van der Waals surface area contributed by atoms with E-state index in [-0.39, 0.29) is 29.8 Å². The second kappa shape index (κ2) is 4.76. The molecule has 1 heterocycles. The first kappa shape index (κ1) is 12.5. The Morgan fingerprint density at radius 2 is 2.28 bits per heavy atom. The van der Waals surface area contributed by atoms with Gasteiger partial charge in [0.1, 0.15) is 5.82 Å². The Morgan fingerprint density at radius 1 is 1.56 bits per heavy atom. The Hall–Kier alpha value is -1.91. The van der Waals surface area contributed by atoms with Gasteiger partial charge in [-0.3, -0.25) is 9.59 Å². The standard InChI is InChI=1S/C13H14FNO3/c1-15-7-8(6-11(16)18-2)9-4-3-5-10(14)12(9)13(15)17/h3-5,8H,6-7H2,1-2H3. The van der Waals surface area contributed by atoms with Crippen LogP contribution in [-0.2, 0) is 9.53 Å². The summed E-state index contributed by atoms with van der Waals surface area (Å²) < 4.78 is 18.3. The number of hydrogen-bond donors (Lipinski definition) is 0. The molecular formula is C13H14FNO3. The molecule has 0 N–H and O–H groups in total. The van der Waals surface area contributed by atoms with E-state index in [9.17, 15) is 14.0 Å². The van der Waals surface area contributed by atoms with Crippen LogP contribution >= 0.6 is 0 Å². The molecule has 0 saturated heterocycles. The summed E-state index contributed by atoms with van der Waals surface area (Å²) in [6.45, 7) is 0.393. The average molecular weight is 251 g/mol. The Bertz CT molecular complexity index is 501. The maximum Gasteiger partial charge on any atom is 0.306 e. The van der Waals surface area contributed by atoms with Crippen molar-refractivity contribution in [2.75, 3.05) is 20.7 Å². The van der Waals surface area contributed by atoms with Crippen LogP contribution < -0.4 is 0 Å². The molecule has 0 bridgehead atoms. The van der Waals surface area contributed by atoms with Gasteiger partial charge in [0, 0.05) is 19.5 Å². The number of fused-ring (bicyclic) bond motifs is 1. The number of carbonyl (C=O) groups excluding carboxylic acids is 2. The maximum absolute atomic E-state index is 13.7. The number of rotatable bonds is 2. The molecular weight excluding hydrogens is 237 g/mol. The third kappa shape index (κ3) is 2.08. The first-order chi connectivity index (χ1) is 8.54. The van der Waals surface area contributed by atoms with Crippen LogP contribution in [-0.4, -0.2) is 37.5 Å². The van der Waals surface area contributed by atoms with Crippen molar-refractivity contribution < 1.29 is 18.7 Å². The van der Waals surface area contributed by atoms with Gasteiger partial charge < -0.3 is 9.64 Å². The van der Waals surface area contributed by atoms with Crippen molar-refractivity contribution in [2.45, 2.75) is 12.3 Å². The van der Waals surface area contributed by atoms with E-state index >= 15 is 0 Å². The first-order valence-corrected chi connectivity index (χ1v) is 5.65. The number of benzene rings is 1. The molecule has 1 aliphatic heterocycles. The minimum atomic E-state index is -0.543. The summed E-state index contributed by atoms with van der Waals surface area (Å²) in [6.07, 6.45) is 0.143. The van der Waals surface area contributed by atoms with Gasteiger partial charge in [-0.15, -0.1) is 0 Å². The van der Waals surface area contributed by atoms with Gasteiger partial charge in [-0.2, -0.15) is 0 Å². The summed E-state index contributed by atoms with van der Waals surface area (Å²) in [5.41, 5.74) is 0.656. The van der Waals surface area contributed by atoms with E-state index in [0.29, 0.717) is 12.1 Å². The van der Waals surface area contributed by atoms with Crippen molar-refractivity contribution in [3.63, 3.8) is 0 Å². The third-order valence-electron chi connectivity index (χ3n) is 3.18. The quantitative estimate of drug-likeness (QED) is 0.749. The second-order valence-electron chi connectivity index (χ2n) is 4.37. The fraction of sp³-hybridized carbons (Fsp3) is 0.385. The molecule has 96 valence electrons. The molecule has 2 rings (SSSR count). The van der Waals surface area contributed by atoms with E-state index < -0.39 is 5.82 Å². The zero-order valence-electron chi connectivity index (χ0n) is 10.3. The smallest absolute Gasteiger partial charge is 0.306 e. The SMILES string of the molecule is COC(=O)CC1CN(C)C(=O)c2c(F)cccc21. The van der Waals surface area contributed by atoms with Crippen molar-refractivity contribution in [3.8, 4) is 0 Å². The molecule has 1 unspecified atom stereocenters. The van der Waals surface area contributed by atoms with Gasteiger partial charge in [0.2, 0.25) is 0 Å². The van der Waals surface area contributed by atoms with Crippen LogP contribution in [0.4, 0.5) is 4.39 Å². The fourth-order valence-electron chi connectivity index (χ4n) is 2.27. The Kier molecular flexibility index (Phi) is 3.32. The van der Waals surface area contributed by atoms with Crippen molar-refractivity contribution in [3.05, 3.63) is 35.1 Å². The predicted octanol–water partition coefficient (Wildman–Crippen LogP) is 1.56. The van der Waals surface area contributed by atoms with Crippen molar-refractivity contribution in [2.24, 2.45) is 0 Å². The van der Waals surface area contributed by atoms with E-state index in [2.05, 4.69) is 4.74 Å². The Balaban J connectivity index is 2.42. The highest BCUT2D eigenvalue weighted by Crippen LogP contribution is 2.31. The Morgan fingerprint density at radius 3 is 2.94 bits per heavy atom. The van der Waals surface area contributed by atoms with Gasteiger partial charge in [-0.1, -0.05) is 12.1 Å². The summed E-state index contributed by atoms with van der Waals surface area (Å²) in [5.74, 6) is -1.47. The summed E-state index contributed by atoms with van der Waals surface area (Å²) >= 11 is 0. The summed E-state index contributed by atoms with van der Waals surface area (Å²) in [7, 11) is 2.91. The van der Waals surface area contributed by atoms with Crippen LogP contribution in [0.3, 0.4) is 0 Å². The van der Waals surface area contributed by atoms with E-state index in [4.69, 9.17) is 0 Å². The third-order valence-corrected chi connectivity index (χ3v) is 3.18. The lowest BCUT2D eigenvalue weighted by atomic mass is 9.87. The van der Waals surface area contributed by atoms with Crippen LogP contribution in [0.1, 0.15) is 28.3 Å². The number of esters is 1. The van der Waals surface area contributed by atoms with Gasteiger partial charge >= 0.3 is 5.97 Å². The van der Waals surface area contributed by atoms with Gasteiger partial charge in [0.25, 0.3) is 5.91 Å². The number of nitrogens with zero attached hydrogens (tertiary/aromatic N) is 1. The summed E-state index contributed by atoms with van der Waals surface area (Å²) in [5, 5.41) is 0. The second-order valence-corrected chi connectivity index (χ2v) is 4.37. The van der Waals surface area contributed by atoms with Gasteiger partial charge in [0.15, 0.2) is 0 Å². The van der Waals surface area contributed by atoms with Crippen molar-refractivity contribution in [1.82, 2.24) is 4.90 Å². The first-order valence-electron chi connectivity index (χ1n) is 5.65. The van der Waals surface area contributed by atoms with Crippen molar-refractivity contribution in [1.29, 1.82) is 0 Å². The number of hydrogen-bond acceptors (Lipinski definition) is 3. The number of carbonyl (C=O) groups is 2. The van der Waals surface area contributed by atoms with E-state index in [1.165, 1.54) is 18.1 Å². The molecule has 0 aliphatic carbocycles. The van der Waals surface area contributed by atoms with E-state index in [1.54, 1.807) is 19.2 Å². The lowest BCUT2D eigenvalue weighted by Crippen LogP contribution is -2.38. The zero-order chi connectivity index (χ0) is 13.3. The number of likely N-dealkylation sites (N-methyl/N-ethyl adjacent to an activating group) is 1.